The second-order valence-corrected chi connectivity index (χ2v) is 6.34. The Hall–Kier alpha value is -1.55. The molecule has 2 N–H and O–H groups in total. The number of carbonyl (C=O) groups excluding carboxylic acids is 1. The predicted octanol–water partition coefficient (Wildman–Crippen LogP) is 1.33. The van der Waals surface area contributed by atoms with Crippen LogP contribution >= 0.6 is 22.6 Å². The normalized spacial score (nSPS) is 16.3. The minimum absolute atomic E-state index is 0.100. The molecule has 0 radical (unpaired) electrons. The molecule has 0 amide bonds. The SMILES string of the molecule is CC(C(O)C(I)C(C(=O)O)C(=O)Cc1ccccc1)[N+](=O)[O-]. The number of nitrogens with zero attached hydrogens (tertiary/aromatic N) is 1. The number of aliphatic hydroxyl groups excluding tert-OH is 1. The van der Waals surface area contributed by atoms with Gasteiger partial charge in [-0.3, -0.25) is 19.7 Å². The van der Waals surface area contributed by atoms with E-state index in [0.717, 1.165) is 0 Å². The number of carboxylic acids is 1. The highest BCUT2D eigenvalue weighted by Crippen LogP contribution is 2.23. The first-order chi connectivity index (χ1) is 10.3. The van der Waals surface area contributed by atoms with E-state index >= 15 is 0 Å². The van der Waals surface area contributed by atoms with Crippen molar-refractivity contribution in [1.29, 1.82) is 0 Å². The van der Waals surface area contributed by atoms with E-state index < -0.39 is 38.7 Å². The van der Waals surface area contributed by atoms with E-state index in [1.165, 1.54) is 6.92 Å². The van der Waals surface area contributed by atoms with Gasteiger partial charge in [0.1, 0.15) is 12.0 Å². The number of hydrogen-bond acceptors (Lipinski definition) is 5. The number of benzene rings is 1. The molecule has 0 saturated heterocycles. The summed E-state index contributed by atoms with van der Waals surface area (Å²) in [5.41, 5.74) is 0.652. The Balaban J connectivity index is 2.90. The molecular formula is C14H16INO6. The average Bonchev–Trinajstić information content (AvgIpc) is 2.46. The molecule has 0 aromatic heterocycles. The number of hydrogen-bond donors (Lipinski definition) is 2. The zero-order chi connectivity index (χ0) is 16.9. The molecule has 120 valence electrons. The van der Waals surface area contributed by atoms with Crippen LogP contribution in [0.15, 0.2) is 30.3 Å². The van der Waals surface area contributed by atoms with E-state index in [2.05, 4.69) is 0 Å². The predicted molar refractivity (Wildman–Crippen MR) is 86.6 cm³/mol. The standard InChI is InChI=1S/C14H16INO6/c1-8(16(21)22)13(18)12(15)11(14(19)20)10(17)7-9-5-3-2-4-6-9/h2-6,8,11-13,18H,7H2,1H3,(H,19,20). The molecule has 4 atom stereocenters. The number of rotatable bonds is 8. The molecule has 1 rings (SSSR count). The zero-order valence-electron chi connectivity index (χ0n) is 11.8. The molecular weight excluding hydrogens is 405 g/mol. The lowest BCUT2D eigenvalue weighted by molar-refractivity contribution is -0.529. The molecule has 0 aliphatic carbocycles. The summed E-state index contributed by atoms with van der Waals surface area (Å²) in [6.07, 6.45) is -1.63. The fourth-order valence-corrected chi connectivity index (χ4v) is 3.26. The highest BCUT2D eigenvalue weighted by Gasteiger charge is 2.42. The van der Waals surface area contributed by atoms with Crippen molar-refractivity contribution < 1.29 is 24.7 Å². The van der Waals surface area contributed by atoms with Crippen LogP contribution in [0.25, 0.3) is 0 Å². The van der Waals surface area contributed by atoms with Crippen molar-refractivity contribution in [1.82, 2.24) is 0 Å². The fraction of sp³-hybridized carbons (Fsp3) is 0.429. The molecule has 4 unspecified atom stereocenters. The highest BCUT2D eigenvalue weighted by molar-refractivity contribution is 14.1. The Kier molecular flexibility index (Phi) is 6.88. The summed E-state index contributed by atoms with van der Waals surface area (Å²) < 4.78 is -1.09. The first-order valence-electron chi connectivity index (χ1n) is 6.50. The first-order valence-corrected chi connectivity index (χ1v) is 7.75. The van der Waals surface area contributed by atoms with Crippen molar-refractivity contribution in [3.05, 3.63) is 46.0 Å². The van der Waals surface area contributed by atoms with Gasteiger partial charge in [-0.1, -0.05) is 52.9 Å². The van der Waals surface area contributed by atoms with Crippen molar-refractivity contribution in [2.24, 2.45) is 5.92 Å². The quantitative estimate of drug-likeness (QED) is 0.215. The number of Topliss-reactive ketones (excluding diaryl/α,β-unsaturated/α-hetero) is 1. The van der Waals surface area contributed by atoms with Gasteiger partial charge in [0.25, 0.3) is 0 Å². The van der Waals surface area contributed by atoms with E-state index in [1.54, 1.807) is 52.9 Å². The Bertz CT molecular complexity index is 550. The van der Waals surface area contributed by atoms with Crippen molar-refractivity contribution in [3.63, 3.8) is 0 Å². The summed E-state index contributed by atoms with van der Waals surface area (Å²) in [4.78, 5) is 33.6. The molecule has 0 heterocycles. The second kappa shape index (κ2) is 8.18. The van der Waals surface area contributed by atoms with Crippen molar-refractivity contribution in [2.75, 3.05) is 0 Å². The third kappa shape index (κ3) is 4.73. The minimum Gasteiger partial charge on any atom is -0.481 e. The second-order valence-electron chi connectivity index (χ2n) is 4.91. The van der Waals surface area contributed by atoms with E-state index in [9.17, 15) is 29.9 Å². The summed E-state index contributed by atoms with van der Waals surface area (Å²) in [7, 11) is 0. The van der Waals surface area contributed by atoms with Crippen LogP contribution in [0.2, 0.25) is 0 Å². The van der Waals surface area contributed by atoms with Gasteiger partial charge in [0.15, 0.2) is 5.78 Å². The maximum absolute atomic E-state index is 12.2. The van der Waals surface area contributed by atoms with E-state index in [4.69, 9.17) is 0 Å². The van der Waals surface area contributed by atoms with Gasteiger partial charge in [-0.2, -0.15) is 0 Å². The van der Waals surface area contributed by atoms with Gasteiger partial charge in [-0.05, 0) is 5.56 Å². The molecule has 1 aromatic rings. The van der Waals surface area contributed by atoms with Crippen molar-refractivity contribution >= 4 is 34.3 Å². The number of nitro groups is 1. The molecule has 8 heteroatoms. The largest absolute Gasteiger partial charge is 0.481 e. The fourth-order valence-electron chi connectivity index (χ4n) is 1.95. The minimum atomic E-state index is -1.53. The van der Waals surface area contributed by atoms with Crippen LogP contribution in [0.3, 0.4) is 0 Å². The maximum atomic E-state index is 12.2. The molecule has 0 bridgehead atoms. The van der Waals surface area contributed by atoms with Crippen molar-refractivity contribution in [2.45, 2.75) is 29.4 Å². The molecule has 7 nitrogen and oxygen atoms in total. The van der Waals surface area contributed by atoms with Gasteiger partial charge in [-0.25, -0.2) is 0 Å². The molecule has 22 heavy (non-hydrogen) atoms. The molecule has 0 saturated carbocycles. The summed E-state index contributed by atoms with van der Waals surface area (Å²) in [5.74, 6) is -3.49. The first kappa shape index (κ1) is 18.5. The monoisotopic (exact) mass is 421 g/mol. The molecule has 0 spiro atoms. The van der Waals surface area contributed by atoms with Crippen LogP contribution in [0.5, 0.6) is 0 Å². The molecule has 1 aromatic carbocycles. The Labute approximate surface area is 140 Å². The number of halogens is 1. The summed E-state index contributed by atoms with van der Waals surface area (Å²) in [6, 6.07) is 7.25. The molecule has 0 fully saturated rings. The van der Waals surface area contributed by atoms with Gasteiger partial charge >= 0.3 is 5.97 Å². The highest BCUT2D eigenvalue weighted by atomic mass is 127. The Morgan fingerprint density at radius 3 is 2.32 bits per heavy atom. The molecule has 0 aliphatic heterocycles. The third-order valence-electron chi connectivity index (χ3n) is 3.31. The number of carbonyl (C=O) groups is 2. The van der Waals surface area contributed by atoms with Gasteiger partial charge in [0, 0.05) is 18.3 Å². The van der Waals surface area contributed by atoms with Crippen LogP contribution in [0.1, 0.15) is 12.5 Å². The number of aliphatic hydroxyl groups is 1. The number of alkyl halides is 1. The number of ketones is 1. The van der Waals surface area contributed by atoms with Crippen LogP contribution in [0, 0.1) is 16.0 Å². The Morgan fingerprint density at radius 2 is 1.86 bits per heavy atom. The lowest BCUT2D eigenvalue weighted by Crippen LogP contribution is -2.46. The summed E-state index contributed by atoms with van der Waals surface area (Å²) in [6.45, 7) is 1.18. The van der Waals surface area contributed by atoms with Crippen molar-refractivity contribution in [3.8, 4) is 0 Å². The average molecular weight is 421 g/mol. The van der Waals surface area contributed by atoms with Crippen LogP contribution in [-0.2, 0) is 16.0 Å². The van der Waals surface area contributed by atoms with Crippen LogP contribution in [-0.4, -0.2) is 43.0 Å². The van der Waals surface area contributed by atoms with Crippen LogP contribution < -0.4 is 0 Å². The van der Waals surface area contributed by atoms with Crippen LogP contribution in [0.4, 0.5) is 0 Å². The van der Waals surface area contributed by atoms with Gasteiger partial charge in [-0.15, -0.1) is 0 Å². The number of aliphatic carboxylic acids is 1. The van der Waals surface area contributed by atoms with E-state index in [0.29, 0.717) is 5.56 Å². The Morgan fingerprint density at radius 1 is 1.32 bits per heavy atom. The van der Waals surface area contributed by atoms with Gasteiger partial charge in [0.05, 0.1) is 3.92 Å². The van der Waals surface area contributed by atoms with Gasteiger partial charge in [0.2, 0.25) is 6.04 Å². The lowest BCUT2D eigenvalue weighted by atomic mass is 9.91. The maximum Gasteiger partial charge on any atom is 0.315 e. The lowest BCUT2D eigenvalue weighted by Gasteiger charge is -2.23. The molecule has 0 aliphatic rings. The van der Waals surface area contributed by atoms with E-state index in [-0.39, 0.29) is 6.42 Å². The van der Waals surface area contributed by atoms with Gasteiger partial charge < -0.3 is 10.2 Å². The summed E-state index contributed by atoms with van der Waals surface area (Å²) >= 11 is 1.60. The van der Waals surface area contributed by atoms with E-state index in [1.807, 2.05) is 0 Å². The smallest absolute Gasteiger partial charge is 0.315 e. The topological polar surface area (TPSA) is 118 Å². The summed E-state index contributed by atoms with van der Waals surface area (Å²) in [5, 5.41) is 29.9. The zero-order valence-corrected chi connectivity index (χ0v) is 13.9. The number of carboxylic acid groups (broad SMARTS) is 1. The third-order valence-corrected chi connectivity index (χ3v) is 4.76.